The van der Waals surface area contributed by atoms with Crippen LogP contribution in [0, 0.1) is 5.92 Å². The van der Waals surface area contributed by atoms with Crippen LogP contribution < -0.4 is 10.5 Å². The van der Waals surface area contributed by atoms with E-state index in [1.165, 1.54) is 11.1 Å². The Hall–Kier alpha value is -2.55. The smallest absolute Gasteiger partial charge is 0.288 e. The molecular formula is C24H36FN3O4Si. The number of likely N-dealkylation sites (tertiary alicyclic amines) is 1. The number of carbonyl (C=O) groups excluding carboxylic acids is 3. The van der Waals surface area contributed by atoms with Crippen LogP contribution in [0.15, 0.2) is 29.4 Å². The number of halogens is 1. The molecule has 1 aliphatic rings. The van der Waals surface area contributed by atoms with Gasteiger partial charge in [0.2, 0.25) is 11.8 Å². The first-order chi connectivity index (χ1) is 15.2. The maximum absolute atomic E-state index is 16.3. The molecule has 0 bridgehead atoms. The van der Waals surface area contributed by atoms with E-state index in [-0.39, 0.29) is 43.8 Å². The molecule has 0 aliphatic carbocycles. The van der Waals surface area contributed by atoms with Gasteiger partial charge in [0.25, 0.3) is 14.3 Å². The summed E-state index contributed by atoms with van der Waals surface area (Å²) in [4.78, 5) is 41.6. The van der Waals surface area contributed by atoms with Gasteiger partial charge >= 0.3 is 0 Å². The third kappa shape index (κ3) is 6.07. The molecular weight excluding hydrogens is 441 g/mol. The van der Waals surface area contributed by atoms with E-state index in [0.29, 0.717) is 0 Å². The van der Waals surface area contributed by atoms with Crippen LogP contribution in [0.1, 0.15) is 60.5 Å². The monoisotopic (exact) mass is 477 g/mol. The Balaban J connectivity index is 1.84. The van der Waals surface area contributed by atoms with Gasteiger partial charge in [0, 0.05) is 25.4 Å². The molecule has 1 N–H and O–H groups in total. The van der Waals surface area contributed by atoms with Gasteiger partial charge < -0.3 is 14.3 Å². The summed E-state index contributed by atoms with van der Waals surface area (Å²) in [6.07, 6.45) is 1.68. The van der Waals surface area contributed by atoms with E-state index in [4.69, 9.17) is 4.84 Å². The van der Waals surface area contributed by atoms with Crippen LogP contribution in [0.2, 0.25) is 10.1 Å². The Morgan fingerprint density at radius 3 is 2.24 bits per heavy atom. The van der Waals surface area contributed by atoms with E-state index >= 15 is 4.11 Å². The summed E-state index contributed by atoms with van der Waals surface area (Å²) in [7, 11) is -3.31. The lowest BCUT2D eigenvalue weighted by molar-refractivity contribution is -0.139. The van der Waals surface area contributed by atoms with Crippen molar-refractivity contribution in [1.29, 1.82) is 0 Å². The molecule has 182 valence electrons. The first-order valence-corrected chi connectivity index (χ1v) is 13.1. The molecule has 1 unspecified atom stereocenters. The average molecular weight is 478 g/mol. The van der Waals surface area contributed by atoms with E-state index < -0.39 is 24.4 Å². The Bertz CT molecular complexity index is 890. The van der Waals surface area contributed by atoms with Crippen molar-refractivity contribution in [3.05, 3.63) is 29.8 Å². The maximum atomic E-state index is 16.3. The minimum absolute atomic E-state index is 0.145. The van der Waals surface area contributed by atoms with Crippen molar-refractivity contribution >= 4 is 37.5 Å². The van der Waals surface area contributed by atoms with E-state index in [1.807, 2.05) is 53.7 Å². The van der Waals surface area contributed by atoms with Crippen molar-refractivity contribution in [3.63, 3.8) is 0 Å². The molecule has 33 heavy (non-hydrogen) atoms. The van der Waals surface area contributed by atoms with Gasteiger partial charge in [-0.2, -0.15) is 0 Å². The van der Waals surface area contributed by atoms with Crippen molar-refractivity contribution in [3.8, 4) is 0 Å². The molecule has 1 aromatic rings. The van der Waals surface area contributed by atoms with Gasteiger partial charge in [-0.25, -0.2) is 0 Å². The molecule has 0 spiro atoms. The highest BCUT2D eigenvalue weighted by Gasteiger charge is 2.56. The molecule has 3 amide bonds. The van der Waals surface area contributed by atoms with Crippen molar-refractivity contribution in [2.75, 3.05) is 19.7 Å². The number of rotatable bonds is 8. The summed E-state index contributed by atoms with van der Waals surface area (Å²) in [5.41, 5.74) is 0.735. The third-order valence-electron chi connectivity index (χ3n) is 5.97. The van der Waals surface area contributed by atoms with E-state index in [2.05, 4.69) is 10.5 Å². The number of nitrogens with zero attached hydrogens (tertiary/aromatic N) is 2. The number of oxime groups is 1. The maximum Gasteiger partial charge on any atom is 0.288 e. The number of hydrogen-bond donors (Lipinski definition) is 1. The van der Waals surface area contributed by atoms with Gasteiger partial charge in [0.1, 0.15) is 0 Å². The zero-order valence-electron chi connectivity index (χ0n) is 20.7. The Kier molecular flexibility index (Phi) is 8.21. The van der Waals surface area contributed by atoms with E-state index in [1.54, 1.807) is 19.1 Å². The SMILES string of the molecule is CC1CC(=O)N(CCNC(=O)CO/N=C/c2ccc([Si](F)(C(C)(C)C)C(C)(C)C)cc2)C1=O. The van der Waals surface area contributed by atoms with Crippen LogP contribution in [0.3, 0.4) is 0 Å². The second-order valence-corrected chi connectivity index (χ2v) is 15.5. The average Bonchev–Trinajstić information content (AvgIpc) is 2.95. The van der Waals surface area contributed by atoms with Crippen LogP contribution >= 0.6 is 0 Å². The summed E-state index contributed by atoms with van der Waals surface area (Å²) in [5.74, 6) is -1.13. The summed E-state index contributed by atoms with van der Waals surface area (Å²) >= 11 is 0. The number of benzene rings is 1. The van der Waals surface area contributed by atoms with Crippen LogP contribution in [-0.2, 0) is 19.2 Å². The highest BCUT2D eigenvalue weighted by Crippen LogP contribution is 2.51. The molecule has 7 nitrogen and oxygen atoms in total. The van der Waals surface area contributed by atoms with Crippen LogP contribution in [0.5, 0.6) is 0 Å². The highest BCUT2D eigenvalue weighted by molar-refractivity contribution is 6.90. The fourth-order valence-electron chi connectivity index (χ4n) is 4.43. The number of carbonyl (C=O) groups is 3. The fourth-order valence-corrected chi connectivity index (χ4v) is 9.03. The van der Waals surface area contributed by atoms with Crippen molar-refractivity contribution in [2.24, 2.45) is 11.1 Å². The summed E-state index contributed by atoms with van der Waals surface area (Å²) < 4.78 is 16.3. The second-order valence-electron chi connectivity index (χ2n) is 10.6. The molecule has 1 atom stereocenters. The zero-order valence-corrected chi connectivity index (χ0v) is 21.7. The second kappa shape index (κ2) is 10.2. The number of imide groups is 1. The molecule has 9 heteroatoms. The fraction of sp³-hybridized carbons (Fsp3) is 0.583. The molecule has 1 saturated heterocycles. The quantitative estimate of drug-likeness (QED) is 0.205. The topological polar surface area (TPSA) is 88.1 Å². The lowest BCUT2D eigenvalue weighted by Gasteiger charge is -2.44. The molecule has 0 saturated carbocycles. The molecule has 2 rings (SSSR count). The van der Waals surface area contributed by atoms with Gasteiger partial charge in [-0.1, -0.05) is 77.9 Å². The molecule has 1 aromatic carbocycles. The van der Waals surface area contributed by atoms with E-state index in [9.17, 15) is 14.4 Å². The predicted molar refractivity (Wildman–Crippen MR) is 129 cm³/mol. The van der Waals surface area contributed by atoms with Crippen LogP contribution in [0.4, 0.5) is 4.11 Å². The van der Waals surface area contributed by atoms with Crippen molar-refractivity contribution in [1.82, 2.24) is 10.2 Å². The Morgan fingerprint density at radius 1 is 1.18 bits per heavy atom. The van der Waals surface area contributed by atoms with Crippen LogP contribution in [-0.4, -0.2) is 56.9 Å². The predicted octanol–water partition coefficient (Wildman–Crippen LogP) is 3.27. The van der Waals surface area contributed by atoms with Gasteiger partial charge in [-0.3, -0.25) is 19.3 Å². The standard InChI is InChI=1S/C24H36FN3O4Si/c1-17-14-21(30)28(22(17)31)13-12-26-20(29)16-32-27-15-18-8-10-19(11-9-18)33(25,23(2,3)4)24(5,6)7/h8-11,15,17H,12-14,16H2,1-7H3,(H,26,29)/b27-15+. The molecule has 0 aromatic heterocycles. The van der Waals surface area contributed by atoms with Crippen LogP contribution in [0.25, 0.3) is 0 Å². The normalized spacial score (nSPS) is 17.7. The first kappa shape index (κ1) is 26.7. The largest absolute Gasteiger partial charge is 0.386 e. The lowest BCUT2D eigenvalue weighted by Crippen LogP contribution is -2.57. The Morgan fingerprint density at radius 2 is 1.76 bits per heavy atom. The third-order valence-corrected chi connectivity index (χ3v) is 11.2. The molecule has 0 radical (unpaired) electrons. The van der Waals surface area contributed by atoms with Crippen molar-refractivity contribution in [2.45, 2.75) is 65.0 Å². The molecule has 1 fully saturated rings. The summed E-state index contributed by atoms with van der Waals surface area (Å²) in [6, 6.07) is 7.23. The van der Waals surface area contributed by atoms with Gasteiger partial charge in [-0.05, 0) is 20.8 Å². The zero-order chi connectivity index (χ0) is 25.0. The first-order valence-electron chi connectivity index (χ1n) is 11.2. The molecule has 1 aliphatic heterocycles. The van der Waals surface area contributed by atoms with Gasteiger partial charge in [0.15, 0.2) is 6.61 Å². The summed E-state index contributed by atoms with van der Waals surface area (Å²) in [5, 5.41) is 6.23. The van der Waals surface area contributed by atoms with E-state index in [0.717, 1.165) is 10.8 Å². The van der Waals surface area contributed by atoms with Crippen molar-refractivity contribution < 1.29 is 23.3 Å². The Labute approximate surface area is 196 Å². The van der Waals surface area contributed by atoms with Gasteiger partial charge in [-0.15, -0.1) is 0 Å². The molecule has 1 heterocycles. The number of hydrogen-bond acceptors (Lipinski definition) is 5. The number of amides is 3. The van der Waals surface area contributed by atoms with Gasteiger partial charge in [0.05, 0.1) is 6.21 Å². The number of nitrogens with one attached hydrogen (secondary N) is 1. The minimum atomic E-state index is -3.31. The highest BCUT2D eigenvalue weighted by atomic mass is 28.4. The lowest BCUT2D eigenvalue weighted by atomic mass is 10.1. The summed E-state index contributed by atoms with van der Waals surface area (Å²) in [6.45, 7) is 13.5. The minimum Gasteiger partial charge on any atom is -0.386 e.